The van der Waals surface area contributed by atoms with Crippen molar-refractivity contribution in [3.63, 3.8) is 0 Å². The van der Waals surface area contributed by atoms with Gasteiger partial charge in [0.1, 0.15) is 11.9 Å². The van der Waals surface area contributed by atoms with Crippen LogP contribution in [0.2, 0.25) is 0 Å². The molecule has 0 radical (unpaired) electrons. The number of nitrogens with zero attached hydrogens (tertiary/aromatic N) is 6. The number of carbonyl (C=O) groups excluding carboxylic acids is 1. The SMILES string of the molecule is Cc1ncc(NC(=O)c2ccnc(C(C)(C)C#N)c2)cc1-c1cnc(N2CC(C)(C)C2)c(C#N)c1. The number of aryl methyl sites for hydroxylation is 1. The van der Waals surface area contributed by atoms with Crippen molar-refractivity contribution < 1.29 is 4.79 Å². The van der Waals surface area contributed by atoms with Crippen molar-refractivity contribution in [3.8, 4) is 23.3 Å². The molecule has 0 spiro atoms. The third kappa shape index (κ3) is 4.83. The van der Waals surface area contributed by atoms with Crippen LogP contribution in [0.3, 0.4) is 0 Å². The van der Waals surface area contributed by atoms with E-state index in [2.05, 4.69) is 51.2 Å². The Hall–Kier alpha value is -4.30. The van der Waals surface area contributed by atoms with E-state index >= 15 is 0 Å². The minimum absolute atomic E-state index is 0.222. The molecule has 8 nitrogen and oxygen atoms in total. The monoisotopic (exact) mass is 465 g/mol. The highest BCUT2D eigenvalue weighted by atomic mass is 16.1. The van der Waals surface area contributed by atoms with Crippen LogP contribution >= 0.6 is 0 Å². The highest BCUT2D eigenvalue weighted by Crippen LogP contribution is 2.35. The number of nitriles is 2. The lowest BCUT2D eigenvalue weighted by Crippen LogP contribution is -2.53. The fourth-order valence-corrected chi connectivity index (χ4v) is 4.14. The molecule has 0 aromatic carbocycles. The van der Waals surface area contributed by atoms with Crippen molar-refractivity contribution in [1.29, 1.82) is 10.5 Å². The third-order valence-electron chi connectivity index (χ3n) is 6.12. The summed E-state index contributed by atoms with van der Waals surface area (Å²) >= 11 is 0. The molecule has 1 aliphatic rings. The number of nitrogens with one attached hydrogen (secondary N) is 1. The van der Waals surface area contributed by atoms with Gasteiger partial charge in [-0.25, -0.2) is 4.98 Å². The summed E-state index contributed by atoms with van der Waals surface area (Å²) in [4.78, 5) is 28.3. The molecule has 176 valence electrons. The van der Waals surface area contributed by atoms with E-state index < -0.39 is 5.41 Å². The maximum absolute atomic E-state index is 12.9. The Kier molecular flexibility index (Phi) is 6.00. The van der Waals surface area contributed by atoms with E-state index in [9.17, 15) is 15.3 Å². The van der Waals surface area contributed by atoms with Gasteiger partial charge in [-0.3, -0.25) is 14.8 Å². The average molecular weight is 466 g/mol. The molecule has 1 fully saturated rings. The number of hydrogen-bond donors (Lipinski definition) is 1. The lowest BCUT2D eigenvalue weighted by Gasteiger charge is -2.46. The van der Waals surface area contributed by atoms with Gasteiger partial charge in [0, 0.05) is 47.9 Å². The van der Waals surface area contributed by atoms with Crippen LogP contribution in [0.1, 0.15) is 55.0 Å². The first kappa shape index (κ1) is 23.8. The van der Waals surface area contributed by atoms with Gasteiger partial charge in [-0.2, -0.15) is 10.5 Å². The number of carbonyl (C=O) groups is 1. The van der Waals surface area contributed by atoms with Gasteiger partial charge in [0.15, 0.2) is 0 Å². The zero-order chi connectivity index (χ0) is 25.4. The summed E-state index contributed by atoms with van der Waals surface area (Å²) < 4.78 is 0. The summed E-state index contributed by atoms with van der Waals surface area (Å²) in [5, 5.41) is 22.0. The second-order valence-electron chi connectivity index (χ2n) is 10.2. The number of amides is 1. The van der Waals surface area contributed by atoms with E-state index in [-0.39, 0.29) is 11.3 Å². The summed E-state index contributed by atoms with van der Waals surface area (Å²) in [6.07, 6.45) is 4.86. The Balaban J connectivity index is 1.60. The number of pyridine rings is 3. The Morgan fingerprint density at radius 2 is 1.86 bits per heavy atom. The quantitative estimate of drug-likeness (QED) is 0.584. The Morgan fingerprint density at radius 3 is 2.51 bits per heavy atom. The van der Waals surface area contributed by atoms with Crippen LogP contribution in [0.25, 0.3) is 11.1 Å². The second-order valence-corrected chi connectivity index (χ2v) is 10.2. The topological polar surface area (TPSA) is 119 Å². The molecule has 3 aromatic rings. The van der Waals surface area contributed by atoms with Crippen molar-refractivity contribution >= 4 is 17.4 Å². The van der Waals surface area contributed by atoms with Gasteiger partial charge in [-0.1, -0.05) is 13.8 Å². The first-order valence-electron chi connectivity index (χ1n) is 11.3. The van der Waals surface area contributed by atoms with Crippen LogP contribution in [-0.2, 0) is 5.41 Å². The molecule has 8 heteroatoms. The van der Waals surface area contributed by atoms with Gasteiger partial charge in [0.2, 0.25) is 0 Å². The Morgan fingerprint density at radius 1 is 1.11 bits per heavy atom. The lowest BCUT2D eigenvalue weighted by molar-refractivity contribution is 0.102. The largest absolute Gasteiger partial charge is 0.354 e. The molecule has 3 aromatic heterocycles. The van der Waals surface area contributed by atoms with Gasteiger partial charge >= 0.3 is 0 Å². The maximum atomic E-state index is 12.9. The minimum Gasteiger partial charge on any atom is -0.354 e. The van der Waals surface area contributed by atoms with Crippen LogP contribution in [0.5, 0.6) is 0 Å². The van der Waals surface area contributed by atoms with E-state index in [0.29, 0.717) is 28.3 Å². The van der Waals surface area contributed by atoms with Crippen LogP contribution in [-0.4, -0.2) is 33.9 Å². The highest BCUT2D eigenvalue weighted by Gasteiger charge is 2.36. The van der Waals surface area contributed by atoms with Crippen LogP contribution in [0, 0.1) is 35.0 Å². The summed E-state index contributed by atoms with van der Waals surface area (Å²) in [7, 11) is 0. The summed E-state index contributed by atoms with van der Waals surface area (Å²) in [5.41, 5.74) is 3.66. The number of hydrogen-bond acceptors (Lipinski definition) is 7. The fourth-order valence-electron chi connectivity index (χ4n) is 4.14. The smallest absolute Gasteiger partial charge is 0.255 e. The van der Waals surface area contributed by atoms with Crippen molar-refractivity contribution in [3.05, 3.63) is 65.4 Å². The summed E-state index contributed by atoms with van der Waals surface area (Å²) in [6.45, 7) is 11.5. The summed E-state index contributed by atoms with van der Waals surface area (Å²) in [6, 6.07) is 11.3. The molecule has 0 bridgehead atoms. The molecule has 0 atom stereocenters. The van der Waals surface area contributed by atoms with Crippen molar-refractivity contribution in [2.75, 3.05) is 23.3 Å². The maximum Gasteiger partial charge on any atom is 0.255 e. The molecule has 0 saturated carbocycles. The standard InChI is InChI=1S/C27H27N7O/c1-17-22(20-8-19(11-28)24(32-12-20)34-15-26(2,3)16-34)10-21(13-31-17)33-25(35)18-6-7-30-23(9-18)27(4,5)14-29/h6-10,12-13H,15-16H2,1-5H3,(H,33,35). The van der Waals surface area contributed by atoms with Crippen molar-refractivity contribution in [1.82, 2.24) is 15.0 Å². The molecule has 4 rings (SSSR count). The van der Waals surface area contributed by atoms with E-state index in [0.717, 1.165) is 29.9 Å². The lowest BCUT2D eigenvalue weighted by atomic mass is 9.84. The third-order valence-corrected chi connectivity index (χ3v) is 6.12. The van der Waals surface area contributed by atoms with Crippen LogP contribution in [0.4, 0.5) is 11.5 Å². The van der Waals surface area contributed by atoms with Crippen LogP contribution in [0.15, 0.2) is 42.9 Å². The van der Waals surface area contributed by atoms with Gasteiger partial charge < -0.3 is 10.2 Å². The predicted octanol–water partition coefficient (Wildman–Crippen LogP) is 4.62. The predicted molar refractivity (Wildman–Crippen MR) is 134 cm³/mol. The zero-order valence-corrected chi connectivity index (χ0v) is 20.5. The molecular weight excluding hydrogens is 438 g/mol. The minimum atomic E-state index is -0.807. The van der Waals surface area contributed by atoms with Crippen molar-refractivity contribution in [2.45, 2.75) is 40.0 Å². The van der Waals surface area contributed by atoms with Gasteiger partial charge in [0.05, 0.1) is 34.6 Å². The molecule has 35 heavy (non-hydrogen) atoms. The zero-order valence-electron chi connectivity index (χ0n) is 20.5. The number of aromatic nitrogens is 3. The molecule has 4 heterocycles. The van der Waals surface area contributed by atoms with E-state index in [1.807, 2.05) is 19.1 Å². The number of rotatable bonds is 5. The fraction of sp³-hybridized carbons (Fsp3) is 0.333. The first-order valence-corrected chi connectivity index (χ1v) is 11.3. The first-order chi connectivity index (χ1) is 16.5. The molecule has 0 unspecified atom stereocenters. The van der Waals surface area contributed by atoms with E-state index in [1.165, 1.54) is 6.20 Å². The highest BCUT2D eigenvalue weighted by molar-refractivity contribution is 6.04. The second kappa shape index (κ2) is 8.81. The molecular formula is C27H27N7O. The number of anilines is 2. The molecule has 1 saturated heterocycles. The molecule has 1 amide bonds. The van der Waals surface area contributed by atoms with Crippen LogP contribution < -0.4 is 10.2 Å². The van der Waals surface area contributed by atoms with E-state index in [4.69, 9.17) is 0 Å². The van der Waals surface area contributed by atoms with Gasteiger partial charge in [-0.05, 0) is 50.5 Å². The molecule has 1 aliphatic heterocycles. The molecule has 0 aliphatic carbocycles. The van der Waals surface area contributed by atoms with Crippen molar-refractivity contribution in [2.24, 2.45) is 5.41 Å². The van der Waals surface area contributed by atoms with E-state index in [1.54, 1.807) is 38.4 Å². The normalized spacial score (nSPS) is 14.4. The molecule has 1 N–H and O–H groups in total. The summed E-state index contributed by atoms with van der Waals surface area (Å²) in [5.74, 6) is 0.366. The van der Waals surface area contributed by atoms with Gasteiger partial charge in [-0.15, -0.1) is 0 Å². The Labute approximate surface area is 205 Å². The Bertz CT molecular complexity index is 1390. The van der Waals surface area contributed by atoms with Gasteiger partial charge in [0.25, 0.3) is 5.91 Å². The average Bonchev–Trinajstić information content (AvgIpc) is 2.83.